The van der Waals surface area contributed by atoms with Crippen molar-refractivity contribution in [2.75, 3.05) is 26.2 Å². The van der Waals surface area contributed by atoms with Crippen molar-refractivity contribution in [2.24, 2.45) is 11.7 Å². The van der Waals surface area contributed by atoms with Crippen molar-refractivity contribution >= 4 is 17.9 Å². The molecule has 0 aromatic carbocycles. The zero-order valence-corrected chi connectivity index (χ0v) is 15.1. The first-order valence-corrected chi connectivity index (χ1v) is 9.80. The summed E-state index contributed by atoms with van der Waals surface area (Å²) in [5.41, 5.74) is 12.5. The number of hydrogen-bond acceptors (Lipinski definition) is 9. The quantitative estimate of drug-likeness (QED) is 0.302. The number of fused-ring (bicyclic) bond motifs is 1. The molecule has 0 saturated carbocycles. The van der Waals surface area contributed by atoms with Gasteiger partial charge in [0.1, 0.15) is 11.5 Å². The lowest BCUT2D eigenvalue weighted by Crippen LogP contribution is -2.60. The molecule has 0 aromatic heterocycles. The van der Waals surface area contributed by atoms with Crippen molar-refractivity contribution in [2.45, 2.75) is 49.3 Å². The monoisotopic (exact) mass is 374 g/mol. The smallest absolute Gasteiger partial charge is 0.230 e. The van der Waals surface area contributed by atoms with Crippen molar-refractivity contribution in [3.63, 3.8) is 0 Å². The van der Waals surface area contributed by atoms with Gasteiger partial charge in [0.15, 0.2) is 0 Å². The highest BCUT2D eigenvalue weighted by molar-refractivity contribution is 7.98. The van der Waals surface area contributed by atoms with Crippen LogP contribution >= 0.6 is 11.9 Å². The van der Waals surface area contributed by atoms with Gasteiger partial charge in [-0.1, -0.05) is 11.9 Å². The molecule has 4 rings (SSSR count). The van der Waals surface area contributed by atoms with Gasteiger partial charge in [0.05, 0.1) is 24.3 Å². The largest absolute Gasteiger partial charge is 0.341 e. The summed E-state index contributed by atoms with van der Waals surface area (Å²) in [4.78, 5) is 12.9. The minimum absolute atomic E-state index is 0.0631. The third kappa shape index (κ3) is 3.39. The first-order valence-electron chi connectivity index (χ1n) is 8.92. The molecule has 0 bridgehead atoms. The molecule has 0 aromatic rings. The Morgan fingerprint density at radius 1 is 1.40 bits per heavy atom. The average Bonchev–Trinajstić information content (AvgIpc) is 3.26. The highest BCUT2D eigenvalue weighted by Crippen LogP contribution is 2.28. The van der Waals surface area contributed by atoms with E-state index in [2.05, 4.69) is 38.1 Å². The highest BCUT2D eigenvalue weighted by atomic mass is 32.2. The van der Waals surface area contributed by atoms with Gasteiger partial charge in [-0.3, -0.25) is 20.3 Å². The molecule has 4 heterocycles. The van der Waals surface area contributed by atoms with Crippen molar-refractivity contribution < 1.29 is 9.18 Å². The number of amides is 1. The van der Waals surface area contributed by atoms with Gasteiger partial charge in [-0.05, 0) is 13.3 Å². The van der Waals surface area contributed by atoms with Crippen LogP contribution in [0.4, 0.5) is 4.39 Å². The first-order chi connectivity index (χ1) is 12.0. The standard InChI is InChI=1S/C14H27FN8OS/c1-7-10(22-4-2-3-18-22)14(25-21-7)19-13(24)9-11(16)20-23-6-8(15)5-17-12(9)23/h7-12,14,17-18,20-21H,2-6,16H2,1H3,(H,19,24). The van der Waals surface area contributed by atoms with Crippen LogP contribution in [0.25, 0.3) is 0 Å². The lowest BCUT2D eigenvalue weighted by molar-refractivity contribution is -0.127. The second-order valence-electron chi connectivity index (χ2n) is 7.18. The molecule has 0 radical (unpaired) electrons. The van der Waals surface area contributed by atoms with Crippen LogP contribution in [-0.2, 0) is 4.79 Å². The Balaban J connectivity index is 1.42. The predicted octanol–water partition coefficient (Wildman–Crippen LogP) is -2.36. The van der Waals surface area contributed by atoms with Crippen LogP contribution in [0, 0.1) is 5.92 Å². The number of halogens is 1. The van der Waals surface area contributed by atoms with Gasteiger partial charge in [-0.15, -0.1) is 0 Å². The van der Waals surface area contributed by atoms with E-state index in [1.54, 1.807) is 17.0 Å². The number of nitrogens with zero attached hydrogens (tertiary/aromatic N) is 2. The summed E-state index contributed by atoms with van der Waals surface area (Å²) < 4.78 is 16.9. The van der Waals surface area contributed by atoms with Gasteiger partial charge in [0.2, 0.25) is 5.91 Å². The predicted molar refractivity (Wildman–Crippen MR) is 93.2 cm³/mol. The fraction of sp³-hybridized carbons (Fsp3) is 0.929. The van der Waals surface area contributed by atoms with Crippen molar-refractivity contribution in [1.29, 1.82) is 0 Å². The van der Waals surface area contributed by atoms with Crippen molar-refractivity contribution in [1.82, 2.24) is 36.2 Å². The molecule has 11 heteroatoms. The molecule has 0 spiro atoms. The Morgan fingerprint density at radius 2 is 2.24 bits per heavy atom. The third-order valence-corrected chi connectivity index (χ3v) is 6.52. The first kappa shape index (κ1) is 17.9. The van der Waals surface area contributed by atoms with E-state index < -0.39 is 18.3 Å². The minimum atomic E-state index is -0.959. The molecule has 7 atom stereocenters. The molecule has 9 nitrogen and oxygen atoms in total. The molecular weight excluding hydrogens is 347 g/mol. The van der Waals surface area contributed by atoms with Crippen molar-refractivity contribution in [3.8, 4) is 0 Å². The van der Waals surface area contributed by atoms with Crippen LogP contribution in [0.2, 0.25) is 0 Å². The lowest BCUT2D eigenvalue weighted by Gasteiger charge is -2.34. The fourth-order valence-corrected chi connectivity index (χ4v) is 5.35. The van der Waals surface area contributed by atoms with E-state index in [-0.39, 0.29) is 42.6 Å². The number of rotatable bonds is 3. The summed E-state index contributed by atoms with van der Waals surface area (Å²) in [7, 11) is 0. The molecule has 4 aliphatic heterocycles. The second-order valence-corrected chi connectivity index (χ2v) is 8.16. The Morgan fingerprint density at radius 3 is 3.00 bits per heavy atom. The van der Waals surface area contributed by atoms with Gasteiger partial charge in [0, 0.05) is 32.2 Å². The van der Waals surface area contributed by atoms with E-state index >= 15 is 0 Å². The number of nitrogens with one attached hydrogen (secondary N) is 5. The number of carbonyl (C=O) groups is 1. The SMILES string of the molecule is CC1NSC(NC(=O)C2C(N)NN3CC(F)CNC23)C1N1CCCN1. The zero-order chi connectivity index (χ0) is 17.6. The molecule has 4 fully saturated rings. The van der Waals surface area contributed by atoms with E-state index in [1.165, 1.54) is 0 Å². The molecule has 7 N–H and O–H groups in total. The van der Waals surface area contributed by atoms with E-state index in [0.29, 0.717) is 0 Å². The number of hydrazine groups is 2. The topological polar surface area (TPSA) is 110 Å². The van der Waals surface area contributed by atoms with Crippen LogP contribution in [-0.4, -0.2) is 78.1 Å². The summed E-state index contributed by atoms with van der Waals surface area (Å²) in [6, 6.07) is 0.431. The van der Waals surface area contributed by atoms with Gasteiger partial charge < -0.3 is 11.1 Å². The molecular formula is C14H27FN8OS. The molecule has 4 saturated heterocycles. The number of alkyl halides is 1. The summed E-state index contributed by atoms with van der Waals surface area (Å²) >= 11 is 1.54. The van der Waals surface area contributed by atoms with Gasteiger partial charge in [-0.2, -0.15) is 0 Å². The number of nitrogens with two attached hydrogens (primary N) is 1. The van der Waals surface area contributed by atoms with Crippen molar-refractivity contribution in [3.05, 3.63) is 0 Å². The van der Waals surface area contributed by atoms with Crippen LogP contribution in [0.1, 0.15) is 13.3 Å². The number of carbonyl (C=O) groups excluding carboxylic acids is 1. The molecule has 25 heavy (non-hydrogen) atoms. The minimum Gasteiger partial charge on any atom is -0.341 e. The Hall–Kier alpha value is -0.530. The van der Waals surface area contributed by atoms with E-state index in [9.17, 15) is 9.18 Å². The Bertz CT molecular complexity index is 509. The van der Waals surface area contributed by atoms with Gasteiger partial charge in [-0.25, -0.2) is 19.8 Å². The fourth-order valence-electron chi connectivity index (χ4n) is 4.15. The van der Waals surface area contributed by atoms with Crippen LogP contribution in [0.3, 0.4) is 0 Å². The summed E-state index contributed by atoms with van der Waals surface area (Å²) in [5, 5.41) is 10.1. The molecule has 1 amide bonds. The maximum atomic E-state index is 13.6. The third-order valence-electron chi connectivity index (χ3n) is 5.36. The summed E-state index contributed by atoms with van der Waals surface area (Å²) in [5.74, 6) is -0.564. The van der Waals surface area contributed by atoms with Gasteiger partial charge >= 0.3 is 0 Å². The highest BCUT2D eigenvalue weighted by Gasteiger charge is 2.48. The van der Waals surface area contributed by atoms with Gasteiger partial charge in [0.25, 0.3) is 0 Å². The molecule has 142 valence electrons. The summed E-state index contributed by atoms with van der Waals surface area (Å²) in [6.45, 7) is 4.56. The molecule has 4 aliphatic rings. The average molecular weight is 374 g/mol. The maximum absolute atomic E-state index is 13.6. The second kappa shape index (κ2) is 7.24. The molecule has 7 unspecified atom stereocenters. The Kier molecular flexibility index (Phi) is 5.17. The maximum Gasteiger partial charge on any atom is 0.230 e. The lowest BCUT2D eigenvalue weighted by atomic mass is 10.0. The van der Waals surface area contributed by atoms with E-state index in [0.717, 1.165) is 19.5 Å². The number of hydrogen-bond donors (Lipinski definition) is 6. The molecule has 0 aliphatic carbocycles. The van der Waals surface area contributed by atoms with E-state index in [4.69, 9.17) is 5.73 Å². The normalized spacial score (nSPS) is 45.6. The van der Waals surface area contributed by atoms with Crippen LogP contribution in [0.15, 0.2) is 0 Å². The van der Waals surface area contributed by atoms with Crippen LogP contribution in [0.5, 0.6) is 0 Å². The zero-order valence-electron chi connectivity index (χ0n) is 14.2. The Labute approximate surface area is 151 Å². The van der Waals surface area contributed by atoms with E-state index in [1.807, 2.05) is 0 Å². The van der Waals surface area contributed by atoms with Crippen LogP contribution < -0.4 is 31.9 Å². The summed E-state index contributed by atoms with van der Waals surface area (Å²) in [6.07, 6.45) is -0.652.